The number of amides is 1. The zero-order chi connectivity index (χ0) is 18.6. The van der Waals surface area contributed by atoms with Crippen LogP contribution < -0.4 is 10.1 Å². The van der Waals surface area contributed by atoms with Crippen LogP contribution in [0.1, 0.15) is 19.8 Å². The van der Waals surface area contributed by atoms with E-state index in [1.54, 1.807) is 13.0 Å². The summed E-state index contributed by atoms with van der Waals surface area (Å²) < 4.78 is 10.3. The number of nitrogens with one attached hydrogen (secondary N) is 1. The molecule has 3 rings (SSSR count). The van der Waals surface area contributed by atoms with Crippen LogP contribution in [-0.2, 0) is 14.3 Å². The highest BCUT2D eigenvalue weighted by Crippen LogP contribution is 2.39. The number of carbonyl (C=O) groups excluding carboxylic acids is 2. The third-order valence-corrected chi connectivity index (χ3v) is 4.47. The number of esters is 1. The number of benzene rings is 2. The van der Waals surface area contributed by atoms with Gasteiger partial charge in [-0.3, -0.25) is 4.79 Å². The van der Waals surface area contributed by atoms with Crippen LogP contribution in [0.2, 0.25) is 0 Å². The van der Waals surface area contributed by atoms with Crippen molar-refractivity contribution in [2.45, 2.75) is 25.3 Å². The van der Waals surface area contributed by atoms with Gasteiger partial charge in [-0.25, -0.2) is 4.79 Å². The highest BCUT2D eigenvalue weighted by Gasteiger charge is 2.43. The van der Waals surface area contributed by atoms with E-state index < -0.39 is 24.0 Å². The first-order chi connectivity index (χ1) is 12.5. The normalized spacial score (nSPS) is 15.5. The highest BCUT2D eigenvalue weighted by molar-refractivity contribution is 5.84. The predicted octanol–water partition coefficient (Wildman–Crippen LogP) is 2.57. The molecule has 26 heavy (non-hydrogen) atoms. The number of rotatable bonds is 7. The first-order valence-electron chi connectivity index (χ1n) is 8.50. The van der Waals surface area contributed by atoms with E-state index in [1.807, 2.05) is 36.4 Å². The zero-order valence-corrected chi connectivity index (χ0v) is 14.5. The zero-order valence-electron chi connectivity index (χ0n) is 14.5. The van der Waals surface area contributed by atoms with Crippen molar-refractivity contribution < 1.29 is 19.1 Å². The molecule has 134 valence electrons. The molecular weight excluding hydrogens is 332 g/mol. The van der Waals surface area contributed by atoms with E-state index in [1.165, 1.54) is 0 Å². The SMILES string of the molecule is C[C@](C#N)(NC(=O)COC(=O)COc1ccc2ccccc2c1)C1CC1. The second-order valence-electron chi connectivity index (χ2n) is 6.59. The first-order valence-corrected chi connectivity index (χ1v) is 8.50. The largest absolute Gasteiger partial charge is 0.482 e. The van der Waals surface area contributed by atoms with Crippen LogP contribution in [0.4, 0.5) is 0 Å². The van der Waals surface area contributed by atoms with Crippen molar-refractivity contribution >= 4 is 22.6 Å². The summed E-state index contributed by atoms with van der Waals surface area (Å²) in [6, 6.07) is 15.5. The van der Waals surface area contributed by atoms with Gasteiger partial charge in [0.25, 0.3) is 5.91 Å². The number of hydrogen-bond donors (Lipinski definition) is 1. The number of hydrogen-bond acceptors (Lipinski definition) is 5. The third-order valence-electron chi connectivity index (χ3n) is 4.47. The second kappa shape index (κ2) is 7.44. The predicted molar refractivity (Wildman–Crippen MR) is 95.3 cm³/mol. The molecule has 6 heteroatoms. The molecule has 1 saturated carbocycles. The molecule has 0 heterocycles. The summed E-state index contributed by atoms with van der Waals surface area (Å²) in [6.07, 6.45) is 1.84. The van der Waals surface area contributed by atoms with Gasteiger partial charge >= 0.3 is 5.97 Å². The van der Waals surface area contributed by atoms with Crippen molar-refractivity contribution in [3.63, 3.8) is 0 Å². The molecule has 1 atom stereocenters. The van der Waals surface area contributed by atoms with Crippen LogP contribution in [0.15, 0.2) is 42.5 Å². The van der Waals surface area contributed by atoms with Crippen LogP contribution in [0.5, 0.6) is 5.75 Å². The summed E-state index contributed by atoms with van der Waals surface area (Å²) in [5.74, 6) is -0.405. The van der Waals surface area contributed by atoms with Crippen molar-refractivity contribution in [1.29, 1.82) is 5.26 Å². The Morgan fingerprint density at radius 3 is 2.62 bits per heavy atom. The molecule has 2 aromatic carbocycles. The van der Waals surface area contributed by atoms with Gasteiger partial charge in [-0.2, -0.15) is 5.26 Å². The molecule has 0 radical (unpaired) electrons. The van der Waals surface area contributed by atoms with Gasteiger partial charge in [0.2, 0.25) is 0 Å². The molecule has 0 saturated heterocycles. The number of ether oxygens (including phenoxy) is 2. The molecule has 0 aliphatic heterocycles. The molecular formula is C20H20N2O4. The van der Waals surface area contributed by atoms with Crippen LogP contribution in [0, 0.1) is 17.2 Å². The van der Waals surface area contributed by atoms with Gasteiger partial charge in [0.15, 0.2) is 13.2 Å². The Kier molecular flexibility index (Phi) is 5.08. The lowest BCUT2D eigenvalue weighted by atomic mass is 9.98. The van der Waals surface area contributed by atoms with Gasteiger partial charge in [0.05, 0.1) is 6.07 Å². The molecule has 0 aromatic heterocycles. The maximum atomic E-state index is 11.9. The standard InChI is InChI=1S/C20H20N2O4/c1-20(13-21,16-7-8-16)22-18(23)11-26-19(24)12-25-17-9-6-14-4-2-3-5-15(14)10-17/h2-6,9-10,16H,7-8,11-12H2,1H3,(H,22,23)/t20-/m1/s1. The van der Waals surface area contributed by atoms with Crippen molar-refractivity contribution in [3.8, 4) is 11.8 Å². The maximum Gasteiger partial charge on any atom is 0.344 e. The Morgan fingerprint density at radius 2 is 1.92 bits per heavy atom. The molecule has 2 aromatic rings. The van der Waals surface area contributed by atoms with Gasteiger partial charge < -0.3 is 14.8 Å². The van der Waals surface area contributed by atoms with Gasteiger partial charge in [0.1, 0.15) is 11.3 Å². The lowest BCUT2D eigenvalue weighted by Crippen LogP contribution is -2.48. The van der Waals surface area contributed by atoms with Gasteiger partial charge in [-0.15, -0.1) is 0 Å². The molecule has 1 amide bonds. The van der Waals surface area contributed by atoms with E-state index >= 15 is 0 Å². The molecule has 1 fully saturated rings. The molecule has 1 N–H and O–H groups in total. The van der Waals surface area contributed by atoms with E-state index in [9.17, 15) is 14.9 Å². The topological polar surface area (TPSA) is 88.4 Å². The Bertz CT molecular complexity index is 869. The highest BCUT2D eigenvalue weighted by atomic mass is 16.6. The fraction of sp³-hybridized carbons (Fsp3) is 0.350. The monoisotopic (exact) mass is 352 g/mol. The van der Waals surface area contributed by atoms with Crippen LogP contribution in [-0.4, -0.2) is 30.6 Å². The fourth-order valence-corrected chi connectivity index (χ4v) is 2.79. The van der Waals surface area contributed by atoms with Crippen molar-refractivity contribution in [2.24, 2.45) is 5.92 Å². The second-order valence-corrected chi connectivity index (χ2v) is 6.59. The summed E-state index contributed by atoms with van der Waals surface area (Å²) in [6.45, 7) is 0.973. The Labute approximate surface area is 151 Å². The molecule has 0 unspecified atom stereocenters. The third kappa shape index (κ3) is 4.31. The summed E-state index contributed by atoms with van der Waals surface area (Å²) in [4.78, 5) is 23.7. The first kappa shape index (κ1) is 17.7. The smallest absolute Gasteiger partial charge is 0.344 e. The van der Waals surface area contributed by atoms with Crippen molar-refractivity contribution in [1.82, 2.24) is 5.32 Å². The summed E-state index contributed by atoms with van der Waals surface area (Å²) in [5.41, 5.74) is -0.898. The Hall–Kier alpha value is -3.07. The fourth-order valence-electron chi connectivity index (χ4n) is 2.79. The summed E-state index contributed by atoms with van der Waals surface area (Å²) >= 11 is 0. The minimum absolute atomic E-state index is 0.170. The minimum Gasteiger partial charge on any atom is -0.482 e. The van der Waals surface area contributed by atoms with Gasteiger partial charge in [-0.05, 0) is 48.6 Å². The number of nitriles is 1. The van der Waals surface area contributed by atoms with Crippen LogP contribution >= 0.6 is 0 Å². The molecule has 6 nitrogen and oxygen atoms in total. The van der Waals surface area contributed by atoms with E-state index in [-0.39, 0.29) is 12.5 Å². The van der Waals surface area contributed by atoms with E-state index in [2.05, 4.69) is 11.4 Å². The molecule has 1 aliphatic carbocycles. The number of carbonyl (C=O) groups is 2. The van der Waals surface area contributed by atoms with Crippen LogP contribution in [0.3, 0.4) is 0 Å². The number of nitrogens with zero attached hydrogens (tertiary/aromatic N) is 1. The Balaban J connectivity index is 1.45. The van der Waals surface area contributed by atoms with Crippen molar-refractivity contribution in [2.75, 3.05) is 13.2 Å². The average molecular weight is 352 g/mol. The average Bonchev–Trinajstić information content (AvgIpc) is 3.50. The lowest BCUT2D eigenvalue weighted by molar-refractivity contribution is -0.150. The minimum atomic E-state index is -0.898. The van der Waals surface area contributed by atoms with Crippen LogP contribution in [0.25, 0.3) is 10.8 Å². The summed E-state index contributed by atoms with van der Waals surface area (Å²) in [7, 11) is 0. The van der Waals surface area contributed by atoms with E-state index in [0.29, 0.717) is 5.75 Å². The number of fused-ring (bicyclic) bond motifs is 1. The van der Waals surface area contributed by atoms with Crippen molar-refractivity contribution in [3.05, 3.63) is 42.5 Å². The lowest BCUT2D eigenvalue weighted by Gasteiger charge is -2.22. The molecule has 0 spiro atoms. The molecule has 0 bridgehead atoms. The summed E-state index contributed by atoms with van der Waals surface area (Å²) in [5, 5.41) is 13.9. The van der Waals surface area contributed by atoms with Gasteiger partial charge in [-0.1, -0.05) is 30.3 Å². The quantitative estimate of drug-likeness (QED) is 0.774. The van der Waals surface area contributed by atoms with E-state index in [0.717, 1.165) is 23.6 Å². The maximum absolute atomic E-state index is 11.9. The van der Waals surface area contributed by atoms with Gasteiger partial charge in [0, 0.05) is 0 Å². The molecule has 1 aliphatic rings. The van der Waals surface area contributed by atoms with E-state index in [4.69, 9.17) is 9.47 Å². The Morgan fingerprint density at radius 1 is 1.19 bits per heavy atom.